The zero-order chi connectivity index (χ0) is 34.4. The van der Waals surface area contributed by atoms with E-state index in [2.05, 4.69) is 193 Å². The standard InChI is InChI=1S/C50H33NO/c1-3-15-41-36(11-1)13-9-19-42(41)38-25-23-34(24-26-38)35-27-30-40(31-28-35)51(48-21-10-14-37-12-2-4-16-43(37)48)47-20-7-5-17-44(47)39-29-32-50-46(33-39)45-18-6-8-22-49(45)52-50/h1-33H. The summed E-state index contributed by atoms with van der Waals surface area (Å²) in [5, 5.41) is 7.18. The molecule has 0 aliphatic carbocycles. The summed E-state index contributed by atoms with van der Waals surface area (Å²) in [5.41, 5.74) is 12.3. The number of para-hydroxylation sites is 2. The maximum atomic E-state index is 6.19. The molecule has 2 nitrogen and oxygen atoms in total. The van der Waals surface area contributed by atoms with E-state index >= 15 is 0 Å². The molecule has 0 spiro atoms. The molecule has 0 aliphatic heterocycles. The predicted molar refractivity (Wildman–Crippen MR) is 220 cm³/mol. The van der Waals surface area contributed by atoms with Crippen LogP contribution in [0.25, 0.3) is 76.9 Å². The van der Waals surface area contributed by atoms with Crippen LogP contribution in [0.5, 0.6) is 0 Å². The summed E-state index contributed by atoms with van der Waals surface area (Å²) in [6.45, 7) is 0. The van der Waals surface area contributed by atoms with Gasteiger partial charge in [-0.2, -0.15) is 0 Å². The molecule has 1 heterocycles. The van der Waals surface area contributed by atoms with E-state index in [0.29, 0.717) is 0 Å². The number of hydrogen-bond acceptors (Lipinski definition) is 2. The zero-order valence-electron chi connectivity index (χ0n) is 28.4. The van der Waals surface area contributed by atoms with E-state index < -0.39 is 0 Å². The van der Waals surface area contributed by atoms with Gasteiger partial charge in [-0.3, -0.25) is 0 Å². The Kier molecular flexibility index (Phi) is 7.18. The molecule has 0 fully saturated rings. The Labute approximate surface area is 302 Å². The van der Waals surface area contributed by atoms with Crippen molar-refractivity contribution in [2.45, 2.75) is 0 Å². The van der Waals surface area contributed by atoms with Crippen LogP contribution in [0.1, 0.15) is 0 Å². The van der Waals surface area contributed by atoms with Gasteiger partial charge in [0.1, 0.15) is 11.2 Å². The molecular formula is C50H33NO. The first-order chi connectivity index (χ1) is 25.8. The van der Waals surface area contributed by atoms with Gasteiger partial charge in [-0.05, 0) is 86.4 Å². The van der Waals surface area contributed by atoms with E-state index in [9.17, 15) is 0 Å². The van der Waals surface area contributed by atoms with Crippen molar-refractivity contribution in [3.8, 4) is 33.4 Å². The molecule has 0 amide bonds. The highest BCUT2D eigenvalue weighted by molar-refractivity contribution is 6.07. The average Bonchev–Trinajstić information content (AvgIpc) is 3.59. The molecule has 1 aromatic heterocycles. The van der Waals surface area contributed by atoms with Gasteiger partial charge in [0.05, 0.1) is 11.4 Å². The highest BCUT2D eigenvalue weighted by atomic mass is 16.3. The van der Waals surface area contributed by atoms with Gasteiger partial charge in [0, 0.05) is 27.4 Å². The summed E-state index contributed by atoms with van der Waals surface area (Å²) >= 11 is 0. The molecule has 10 aromatic rings. The van der Waals surface area contributed by atoms with Crippen molar-refractivity contribution >= 4 is 60.5 Å². The second-order valence-electron chi connectivity index (χ2n) is 13.3. The quantitative estimate of drug-likeness (QED) is 0.176. The Bertz CT molecular complexity index is 2890. The normalized spacial score (nSPS) is 11.5. The summed E-state index contributed by atoms with van der Waals surface area (Å²) in [6, 6.07) is 71.8. The van der Waals surface area contributed by atoms with Crippen molar-refractivity contribution in [3.63, 3.8) is 0 Å². The van der Waals surface area contributed by atoms with Gasteiger partial charge in [0.15, 0.2) is 0 Å². The van der Waals surface area contributed by atoms with Crippen LogP contribution in [-0.4, -0.2) is 0 Å². The van der Waals surface area contributed by atoms with E-state index in [4.69, 9.17) is 4.42 Å². The zero-order valence-corrected chi connectivity index (χ0v) is 28.4. The first-order valence-corrected chi connectivity index (χ1v) is 17.8. The highest BCUT2D eigenvalue weighted by Gasteiger charge is 2.20. The SMILES string of the molecule is c1ccc(N(c2ccc(-c3ccc(-c4cccc5ccccc45)cc3)cc2)c2cccc3ccccc23)c(-c2ccc3oc4ccccc4c3c2)c1. The van der Waals surface area contributed by atoms with Crippen LogP contribution in [0.2, 0.25) is 0 Å². The molecule has 0 saturated carbocycles. The lowest BCUT2D eigenvalue weighted by Gasteiger charge is -2.29. The summed E-state index contributed by atoms with van der Waals surface area (Å²) < 4.78 is 6.19. The third-order valence-electron chi connectivity index (χ3n) is 10.3. The molecule has 0 unspecified atom stereocenters. The number of benzene rings is 9. The summed E-state index contributed by atoms with van der Waals surface area (Å²) in [7, 11) is 0. The highest BCUT2D eigenvalue weighted by Crippen LogP contribution is 2.44. The first-order valence-electron chi connectivity index (χ1n) is 17.8. The smallest absolute Gasteiger partial charge is 0.135 e. The largest absolute Gasteiger partial charge is 0.456 e. The topological polar surface area (TPSA) is 16.4 Å². The molecule has 0 N–H and O–H groups in total. The fourth-order valence-corrected chi connectivity index (χ4v) is 7.74. The van der Waals surface area contributed by atoms with Crippen LogP contribution < -0.4 is 4.90 Å². The Morgan fingerprint density at radius 3 is 1.63 bits per heavy atom. The molecule has 244 valence electrons. The lowest BCUT2D eigenvalue weighted by Crippen LogP contribution is -2.11. The van der Waals surface area contributed by atoms with Crippen molar-refractivity contribution in [3.05, 3.63) is 200 Å². The number of anilines is 3. The molecule has 52 heavy (non-hydrogen) atoms. The van der Waals surface area contributed by atoms with Crippen LogP contribution in [-0.2, 0) is 0 Å². The molecule has 0 bridgehead atoms. The summed E-state index contributed by atoms with van der Waals surface area (Å²) in [5.74, 6) is 0. The average molecular weight is 664 g/mol. The van der Waals surface area contributed by atoms with Gasteiger partial charge in [-0.1, -0.05) is 158 Å². The Hall–Kier alpha value is -6.90. The van der Waals surface area contributed by atoms with E-state index in [1.807, 2.05) is 12.1 Å². The van der Waals surface area contributed by atoms with Crippen LogP contribution in [0, 0.1) is 0 Å². The van der Waals surface area contributed by atoms with Gasteiger partial charge < -0.3 is 9.32 Å². The van der Waals surface area contributed by atoms with Crippen LogP contribution in [0.15, 0.2) is 205 Å². The van der Waals surface area contributed by atoms with Crippen molar-refractivity contribution in [1.82, 2.24) is 0 Å². The second-order valence-corrected chi connectivity index (χ2v) is 13.3. The minimum atomic E-state index is 0.897. The Morgan fingerprint density at radius 1 is 0.308 bits per heavy atom. The maximum Gasteiger partial charge on any atom is 0.135 e. The number of rotatable bonds is 6. The van der Waals surface area contributed by atoms with Gasteiger partial charge in [0.25, 0.3) is 0 Å². The minimum absolute atomic E-state index is 0.897. The van der Waals surface area contributed by atoms with Crippen LogP contribution in [0.3, 0.4) is 0 Å². The third kappa shape index (κ3) is 5.12. The third-order valence-corrected chi connectivity index (χ3v) is 10.3. The molecule has 0 radical (unpaired) electrons. The molecular weight excluding hydrogens is 631 g/mol. The monoisotopic (exact) mass is 663 g/mol. The van der Waals surface area contributed by atoms with Gasteiger partial charge >= 0.3 is 0 Å². The number of furan rings is 1. The van der Waals surface area contributed by atoms with Crippen molar-refractivity contribution < 1.29 is 4.42 Å². The lowest BCUT2D eigenvalue weighted by atomic mass is 9.96. The van der Waals surface area contributed by atoms with E-state index in [1.165, 1.54) is 43.8 Å². The van der Waals surface area contributed by atoms with E-state index in [-0.39, 0.29) is 0 Å². The van der Waals surface area contributed by atoms with Crippen molar-refractivity contribution in [2.24, 2.45) is 0 Å². The number of nitrogens with zero attached hydrogens (tertiary/aromatic N) is 1. The molecule has 0 atom stereocenters. The fraction of sp³-hybridized carbons (Fsp3) is 0. The van der Waals surface area contributed by atoms with Crippen LogP contribution in [0.4, 0.5) is 17.1 Å². The van der Waals surface area contributed by atoms with Crippen LogP contribution >= 0.6 is 0 Å². The van der Waals surface area contributed by atoms with Gasteiger partial charge in [-0.15, -0.1) is 0 Å². The lowest BCUT2D eigenvalue weighted by molar-refractivity contribution is 0.669. The summed E-state index contributed by atoms with van der Waals surface area (Å²) in [6.07, 6.45) is 0. The van der Waals surface area contributed by atoms with Gasteiger partial charge in [-0.25, -0.2) is 0 Å². The maximum absolute atomic E-state index is 6.19. The van der Waals surface area contributed by atoms with Gasteiger partial charge in [0.2, 0.25) is 0 Å². The molecule has 0 aliphatic rings. The summed E-state index contributed by atoms with van der Waals surface area (Å²) in [4.78, 5) is 2.41. The number of hydrogen-bond donors (Lipinski definition) is 0. The molecule has 2 heteroatoms. The first kappa shape index (κ1) is 30.0. The van der Waals surface area contributed by atoms with Crippen molar-refractivity contribution in [2.75, 3.05) is 4.90 Å². The second kappa shape index (κ2) is 12.5. The Balaban J connectivity index is 1.08. The minimum Gasteiger partial charge on any atom is -0.456 e. The van der Waals surface area contributed by atoms with Crippen molar-refractivity contribution in [1.29, 1.82) is 0 Å². The van der Waals surface area contributed by atoms with E-state index in [1.54, 1.807) is 0 Å². The van der Waals surface area contributed by atoms with E-state index in [0.717, 1.165) is 50.1 Å². The molecule has 0 saturated heterocycles. The number of fused-ring (bicyclic) bond motifs is 5. The molecule has 9 aromatic carbocycles. The molecule has 10 rings (SSSR count). The predicted octanol–water partition coefficient (Wildman–Crippen LogP) is 14.4. The Morgan fingerprint density at radius 2 is 0.827 bits per heavy atom. The fourth-order valence-electron chi connectivity index (χ4n) is 7.74.